The molecule has 0 N–H and O–H groups in total. The molecule has 4 aliphatic rings. The van der Waals surface area contributed by atoms with Gasteiger partial charge in [0.1, 0.15) is 0 Å². The lowest BCUT2D eigenvalue weighted by Crippen LogP contribution is -2.54. The Balaban J connectivity index is 1.49. The van der Waals surface area contributed by atoms with E-state index in [0.717, 1.165) is 53.9 Å². The first-order valence-electron chi connectivity index (χ1n) is 12.9. The molecule has 1 heteroatoms. The summed E-state index contributed by atoms with van der Waals surface area (Å²) in [7, 11) is 0. The largest absolute Gasteiger partial charge is 0.295 e. The lowest BCUT2D eigenvalue weighted by atomic mass is 9.44. The van der Waals surface area contributed by atoms with Crippen LogP contribution in [0, 0.1) is 52.3 Å². The van der Waals surface area contributed by atoms with Crippen LogP contribution in [0.5, 0.6) is 0 Å². The molecule has 0 heterocycles. The molecule has 7 unspecified atom stereocenters. The Bertz CT molecular complexity index is 647. The highest BCUT2D eigenvalue weighted by atomic mass is 16.1. The van der Waals surface area contributed by atoms with Crippen molar-refractivity contribution in [2.24, 2.45) is 52.3 Å². The molecule has 0 amide bonds. The zero-order chi connectivity index (χ0) is 21.0. The van der Waals surface area contributed by atoms with Gasteiger partial charge in [-0.15, -0.1) is 0 Å². The average Bonchev–Trinajstić information content (AvgIpc) is 3.00. The van der Waals surface area contributed by atoms with Crippen molar-refractivity contribution in [3.05, 3.63) is 12.2 Å². The molecule has 0 aliphatic heterocycles. The molecule has 0 radical (unpaired) electrons. The second-order valence-electron chi connectivity index (χ2n) is 12.6. The molecule has 0 bridgehead atoms. The Kier molecular flexibility index (Phi) is 5.84. The fraction of sp³-hybridized carbons (Fsp3) is 0.893. The number of fused-ring (bicyclic) bond motifs is 5. The molecule has 0 spiro atoms. The summed E-state index contributed by atoms with van der Waals surface area (Å²) in [5.74, 6) is 6.33. The molecule has 0 aromatic carbocycles. The quantitative estimate of drug-likeness (QED) is 0.431. The van der Waals surface area contributed by atoms with E-state index in [2.05, 4.69) is 41.2 Å². The van der Waals surface area contributed by atoms with Gasteiger partial charge in [-0.3, -0.25) is 4.79 Å². The standard InChI is InChI=1S/C28H46O/c1-18(2)8-7-9-19(3)23-12-13-24-22-11-10-21-16-26(29)20(4)17-28(21,6)25(22)14-15-27(23,24)5/h18-19,21-25H,4,7-17H2,1-3,5-6H3/t19-,21?,22?,23?,24?,25?,27?,28?/m1/s1. The summed E-state index contributed by atoms with van der Waals surface area (Å²) in [4.78, 5) is 12.3. The first-order chi connectivity index (χ1) is 13.7. The fourth-order valence-corrected chi connectivity index (χ4v) is 9.10. The third-order valence-corrected chi connectivity index (χ3v) is 10.7. The Labute approximate surface area is 180 Å². The minimum Gasteiger partial charge on any atom is -0.295 e. The fourth-order valence-electron chi connectivity index (χ4n) is 9.10. The summed E-state index contributed by atoms with van der Waals surface area (Å²) in [6.07, 6.45) is 14.5. The van der Waals surface area contributed by atoms with Crippen LogP contribution in [-0.4, -0.2) is 5.78 Å². The molecule has 4 aliphatic carbocycles. The van der Waals surface area contributed by atoms with Gasteiger partial charge in [0.2, 0.25) is 0 Å². The number of carbonyl (C=O) groups is 1. The maximum Gasteiger partial charge on any atom is 0.158 e. The minimum absolute atomic E-state index is 0.343. The monoisotopic (exact) mass is 398 g/mol. The zero-order valence-electron chi connectivity index (χ0n) is 19.9. The van der Waals surface area contributed by atoms with E-state index in [9.17, 15) is 4.79 Å². The van der Waals surface area contributed by atoms with Crippen molar-refractivity contribution >= 4 is 5.78 Å². The molecule has 0 aromatic rings. The molecule has 4 rings (SSSR count). The molecule has 0 saturated heterocycles. The van der Waals surface area contributed by atoms with Crippen molar-refractivity contribution in [3.63, 3.8) is 0 Å². The smallest absolute Gasteiger partial charge is 0.158 e. The van der Waals surface area contributed by atoms with Crippen LogP contribution in [0.3, 0.4) is 0 Å². The van der Waals surface area contributed by atoms with Crippen molar-refractivity contribution in [3.8, 4) is 0 Å². The van der Waals surface area contributed by atoms with Crippen LogP contribution in [0.4, 0.5) is 0 Å². The lowest BCUT2D eigenvalue weighted by Gasteiger charge is -2.60. The molecule has 1 nitrogen and oxygen atoms in total. The molecule has 8 atom stereocenters. The number of hydrogen-bond donors (Lipinski definition) is 0. The van der Waals surface area contributed by atoms with Gasteiger partial charge < -0.3 is 0 Å². The highest BCUT2D eigenvalue weighted by Crippen LogP contribution is 2.68. The van der Waals surface area contributed by atoms with Gasteiger partial charge in [0.15, 0.2) is 5.78 Å². The molecule has 0 aromatic heterocycles. The van der Waals surface area contributed by atoms with E-state index in [1.54, 1.807) is 0 Å². The molecular weight excluding hydrogens is 352 g/mol. The molecule has 29 heavy (non-hydrogen) atoms. The Hall–Kier alpha value is -0.590. The highest BCUT2D eigenvalue weighted by Gasteiger charge is 2.60. The summed E-state index contributed by atoms with van der Waals surface area (Å²) < 4.78 is 0. The van der Waals surface area contributed by atoms with Gasteiger partial charge in [-0.1, -0.05) is 60.5 Å². The number of carbonyl (C=O) groups excluding carboxylic acids is 1. The second-order valence-corrected chi connectivity index (χ2v) is 12.6. The topological polar surface area (TPSA) is 17.1 Å². The van der Waals surface area contributed by atoms with E-state index < -0.39 is 0 Å². The van der Waals surface area contributed by atoms with Gasteiger partial charge in [-0.25, -0.2) is 0 Å². The summed E-state index contributed by atoms with van der Waals surface area (Å²) in [6.45, 7) is 16.7. The normalized spacial score (nSPS) is 45.7. The van der Waals surface area contributed by atoms with Gasteiger partial charge in [0, 0.05) is 6.42 Å². The van der Waals surface area contributed by atoms with Gasteiger partial charge in [0.25, 0.3) is 0 Å². The van der Waals surface area contributed by atoms with E-state index in [1.165, 1.54) is 57.8 Å². The third kappa shape index (κ3) is 3.57. The van der Waals surface area contributed by atoms with Crippen LogP contribution in [-0.2, 0) is 4.79 Å². The highest BCUT2D eigenvalue weighted by molar-refractivity contribution is 5.96. The third-order valence-electron chi connectivity index (χ3n) is 10.7. The average molecular weight is 399 g/mol. The Morgan fingerprint density at radius 2 is 1.69 bits per heavy atom. The molecule has 4 fully saturated rings. The first kappa shape index (κ1) is 21.6. The van der Waals surface area contributed by atoms with E-state index in [1.807, 2.05) is 0 Å². The van der Waals surface area contributed by atoms with Gasteiger partial charge in [0.05, 0.1) is 0 Å². The van der Waals surface area contributed by atoms with Gasteiger partial charge in [-0.05, 0) is 103 Å². The first-order valence-corrected chi connectivity index (χ1v) is 12.9. The van der Waals surface area contributed by atoms with E-state index in [-0.39, 0.29) is 0 Å². The van der Waals surface area contributed by atoms with E-state index >= 15 is 0 Å². The van der Waals surface area contributed by atoms with Crippen LogP contribution >= 0.6 is 0 Å². The van der Waals surface area contributed by atoms with Crippen molar-refractivity contribution in [1.29, 1.82) is 0 Å². The van der Waals surface area contributed by atoms with Crippen molar-refractivity contribution in [1.82, 2.24) is 0 Å². The SMILES string of the molecule is C=C1CC2(C)C(CCC3C2CCC2(C)C3CCC2[C@H](C)CCCC(C)C)CC1=O. The second kappa shape index (κ2) is 7.83. The van der Waals surface area contributed by atoms with Crippen LogP contribution in [0.2, 0.25) is 0 Å². The predicted molar refractivity (Wildman–Crippen MR) is 123 cm³/mol. The minimum atomic E-state index is 0.343. The number of ketones is 1. The van der Waals surface area contributed by atoms with Gasteiger partial charge in [-0.2, -0.15) is 0 Å². The number of allylic oxidation sites excluding steroid dienone is 1. The molecular formula is C28H46O. The summed E-state index contributed by atoms with van der Waals surface area (Å²) >= 11 is 0. The summed E-state index contributed by atoms with van der Waals surface area (Å²) in [5.41, 5.74) is 1.85. The zero-order valence-corrected chi connectivity index (χ0v) is 19.9. The van der Waals surface area contributed by atoms with Crippen LogP contribution in [0.25, 0.3) is 0 Å². The van der Waals surface area contributed by atoms with Crippen LogP contribution in [0.1, 0.15) is 105 Å². The summed E-state index contributed by atoms with van der Waals surface area (Å²) in [5, 5.41) is 0. The Morgan fingerprint density at radius 1 is 0.966 bits per heavy atom. The maximum absolute atomic E-state index is 12.3. The van der Waals surface area contributed by atoms with Crippen molar-refractivity contribution in [2.45, 2.75) is 105 Å². The van der Waals surface area contributed by atoms with E-state index in [4.69, 9.17) is 0 Å². The number of hydrogen-bond acceptors (Lipinski definition) is 1. The van der Waals surface area contributed by atoms with E-state index in [0.29, 0.717) is 22.5 Å². The molecule has 164 valence electrons. The predicted octanol–water partition coefficient (Wildman–Crippen LogP) is 7.84. The van der Waals surface area contributed by atoms with Gasteiger partial charge >= 0.3 is 0 Å². The number of rotatable bonds is 5. The lowest BCUT2D eigenvalue weighted by molar-refractivity contribution is -0.133. The Morgan fingerprint density at radius 3 is 2.41 bits per heavy atom. The van der Waals surface area contributed by atoms with Crippen LogP contribution < -0.4 is 0 Å². The van der Waals surface area contributed by atoms with Crippen LogP contribution in [0.15, 0.2) is 12.2 Å². The molecule has 4 saturated carbocycles. The number of Topliss-reactive ketones (excluding diaryl/α,β-unsaturated/α-hetero) is 1. The summed E-state index contributed by atoms with van der Waals surface area (Å²) in [6, 6.07) is 0. The maximum atomic E-state index is 12.3. The van der Waals surface area contributed by atoms with Crippen molar-refractivity contribution < 1.29 is 4.79 Å². The van der Waals surface area contributed by atoms with Crippen molar-refractivity contribution in [2.75, 3.05) is 0 Å².